The Hall–Kier alpha value is -2.41. The molecule has 0 aliphatic carbocycles. The van der Waals surface area contributed by atoms with Gasteiger partial charge in [0.25, 0.3) is 5.91 Å². The van der Waals surface area contributed by atoms with E-state index in [-0.39, 0.29) is 17.8 Å². The number of hydrogen-bond acceptors (Lipinski definition) is 6. The third-order valence-electron chi connectivity index (χ3n) is 3.60. The van der Waals surface area contributed by atoms with Gasteiger partial charge in [0.05, 0.1) is 24.9 Å². The Morgan fingerprint density at radius 3 is 2.86 bits per heavy atom. The molecule has 1 amide bonds. The maximum absolute atomic E-state index is 12.5. The number of amides is 1. The van der Waals surface area contributed by atoms with Gasteiger partial charge in [-0.05, 0) is 18.9 Å². The van der Waals surface area contributed by atoms with E-state index in [9.17, 15) is 4.79 Å². The molecule has 0 saturated carbocycles. The molecule has 1 saturated heterocycles. The van der Waals surface area contributed by atoms with E-state index in [1.54, 1.807) is 42.0 Å². The Balaban J connectivity index is 1.67. The maximum Gasteiger partial charge on any atom is 0.292 e. The summed E-state index contributed by atoms with van der Waals surface area (Å²) in [6.45, 7) is 1.63. The lowest BCUT2D eigenvalue weighted by Gasteiger charge is -2.35. The number of aromatic nitrogens is 4. The van der Waals surface area contributed by atoms with E-state index in [1.807, 2.05) is 0 Å². The van der Waals surface area contributed by atoms with Crippen LogP contribution in [0.25, 0.3) is 0 Å². The van der Waals surface area contributed by atoms with E-state index in [4.69, 9.17) is 4.74 Å². The molecule has 3 rings (SSSR count). The Morgan fingerprint density at radius 2 is 2.09 bits per heavy atom. The second-order valence-corrected chi connectivity index (χ2v) is 5.04. The molecule has 0 unspecified atom stereocenters. The van der Waals surface area contributed by atoms with Gasteiger partial charge < -0.3 is 9.64 Å². The summed E-state index contributed by atoms with van der Waals surface area (Å²) in [5.74, 6) is 0.0851. The zero-order valence-electron chi connectivity index (χ0n) is 12.1. The highest BCUT2D eigenvalue weighted by atomic mass is 16.5. The Morgan fingerprint density at radius 1 is 1.23 bits per heavy atom. The van der Waals surface area contributed by atoms with Gasteiger partial charge in [-0.2, -0.15) is 0 Å². The summed E-state index contributed by atoms with van der Waals surface area (Å²) in [6.07, 6.45) is 9.75. The van der Waals surface area contributed by atoms with Crippen molar-refractivity contribution < 1.29 is 9.53 Å². The smallest absolute Gasteiger partial charge is 0.292 e. The lowest BCUT2D eigenvalue weighted by atomic mass is 10.1. The summed E-state index contributed by atoms with van der Waals surface area (Å²) >= 11 is 0. The standard InChI is InChI=1S/C15H17N5O2/c21-15(14-18-4-1-5-19-14)20-8-9-22-11-13(20)3-2-12-10-16-6-7-17-12/h1,4-7,10,13H,2-3,8-9,11H2/t13-/m0/s1. The molecule has 0 N–H and O–H groups in total. The average Bonchev–Trinajstić information content (AvgIpc) is 2.61. The fourth-order valence-electron chi connectivity index (χ4n) is 2.47. The molecule has 1 aliphatic heterocycles. The van der Waals surface area contributed by atoms with Crippen molar-refractivity contribution in [3.63, 3.8) is 0 Å². The van der Waals surface area contributed by atoms with E-state index in [2.05, 4.69) is 19.9 Å². The van der Waals surface area contributed by atoms with Crippen LogP contribution in [0, 0.1) is 0 Å². The first-order valence-corrected chi connectivity index (χ1v) is 7.25. The van der Waals surface area contributed by atoms with E-state index in [0.29, 0.717) is 19.8 Å². The van der Waals surface area contributed by atoms with Crippen LogP contribution in [0.4, 0.5) is 0 Å². The van der Waals surface area contributed by atoms with Gasteiger partial charge in [0.2, 0.25) is 5.82 Å². The van der Waals surface area contributed by atoms with Crippen molar-refractivity contribution in [2.75, 3.05) is 19.8 Å². The van der Waals surface area contributed by atoms with E-state index >= 15 is 0 Å². The van der Waals surface area contributed by atoms with Crippen molar-refractivity contribution in [3.8, 4) is 0 Å². The number of hydrogen-bond donors (Lipinski definition) is 0. The SMILES string of the molecule is O=C(c1ncccn1)N1CCOC[C@@H]1CCc1cnccn1. The second kappa shape index (κ2) is 7.04. The molecule has 0 spiro atoms. The van der Waals surface area contributed by atoms with Crippen molar-refractivity contribution in [1.29, 1.82) is 0 Å². The van der Waals surface area contributed by atoms with Crippen LogP contribution in [0.1, 0.15) is 22.7 Å². The first-order chi connectivity index (χ1) is 10.8. The lowest BCUT2D eigenvalue weighted by Crippen LogP contribution is -2.49. The molecule has 7 heteroatoms. The molecule has 3 heterocycles. The van der Waals surface area contributed by atoms with Crippen molar-refractivity contribution in [2.45, 2.75) is 18.9 Å². The van der Waals surface area contributed by atoms with Crippen LogP contribution in [0.15, 0.2) is 37.1 Å². The minimum atomic E-state index is -0.145. The Labute approximate surface area is 128 Å². The normalized spacial score (nSPS) is 18.2. The molecule has 22 heavy (non-hydrogen) atoms. The minimum absolute atomic E-state index is 0.00654. The van der Waals surface area contributed by atoms with Gasteiger partial charge in [-0.1, -0.05) is 0 Å². The van der Waals surface area contributed by atoms with Gasteiger partial charge in [0, 0.05) is 37.5 Å². The largest absolute Gasteiger partial charge is 0.377 e. The van der Waals surface area contributed by atoms with Crippen molar-refractivity contribution in [3.05, 3.63) is 48.6 Å². The summed E-state index contributed by atoms with van der Waals surface area (Å²) < 4.78 is 5.52. The predicted molar refractivity (Wildman–Crippen MR) is 78.0 cm³/mol. The van der Waals surface area contributed by atoms with Crippen molar-refractivity contribution >= 4 is 5.91 Å². The van der Waals surface area contributed by atoms with Crippen molar-refractivity contribution in [1.82, 2.24) is 24.8 Å². The van der Waals surface area contributed by atoms with Crippen LogP contribution in [-0.2, 0) is 11.2 Å². The summed E-state index contributed by atoms with van der Waals surface area (Å²) in [5, 5.41) is 0. The number of rotatable bonds is 4. The van der Waals surface area contributed by atoms with Crippen LogP contribution in [0.2, 0.25) is 0 Å². The molecule has 1 aliphatic rings. The number of nitrogens with zero attached hydrogens (tertiary/aromatic N) is 5. The van der Waals surface area contributed by atoms with Crippen LogP contribution in [0.5, 0.6) is 0 Å². The molecule has 7 nitrogen and oxygen atoms in total. The molecule has 1 fully saturated rings. The van der Waals surface area contributed by atoms with Gasteiger partial charge in [0.1, 0.15) is 0 Å². The molecule has 1 atom stereocenters. The zero-order chi connectivity index (χ0) is 15.2. The summed E-state index contributed by atoms with van der Waals surface area (Å²) in [5.41, 5.74) is 0.913. The predicted octanol–water partition coefficient (Wildman–Crippen LogP) is 0.740. The second-order valence-electron chi connectivity index (χ2n) is 5.04. The van der Waals surface area contributed by atoms with Gasteiger partial charge in [0.15, 0.2) is 0 Å². The highest BCUT2D eigenvalue weighted by Crippen LogP contribution is 2.15. The van der Waals surface area contributed by atoms with Crippen molar-refractivity contribution in [2.24, 2.45) is 0 Å². The first kappa shape index (κ1) is 14.5. The van der Waals surface area contributed by atoms with Gasteiger partial charge in [-0.15, -0.1) is 0 Å². The summed E-state index contributed by atoms with van der Waals surface area (Å²) in [7, 11) is 0. The number of morpholine rings is 1. The van der Waals surface area contributed by atoms with Crippen LogP contribution in [0.3, 0.4) is 0 Å². The van der Waals surface area contributed by atoms with Gasteiger partial charge in [-0.25, -0.2) is 9.97 Å². The topological polar surface area (TPSA) is 81.1 Å². The molecule has 2 aromatic rings. The van der Waals surface area contributed by atoms with Crippen LogP contribution < -0.4 is 0 Å². The third kappa shape index (κ3) is 3.43. The molecular weight excluding hydrogens is 282 g/mol. The fourth-order valence-corrected chi connectivity index (χ4v) is 2.47. The first-order valence-electron chi connectivity index (χ1n) is 7.25. The average molecular weight is 299 g/mol. The van der Waals surface area contributed by atoms with Gasteiger partial charge >= 0.3 is 0 Å². The molecule has 0 bridgehead atoms. The molecule has 2 aromatic heterocycles. The third-order valence-corrected chi connectivity index (χ3v) is 3.60. The number of carbonyl (C=O) groups is 1. The zero-order valence-corrected chi connectivity index (χ0v) is 12.1. The molecule has 0 aromatic carbocycles. The number of ether oxygens (including phenoxy) is 1. The quantitative estimate of drug-likeness (QED) is 0.828. The van der Waals surface area contributed by atoms with Gasteiger partial charge in [-0.3, -0.25) is 14.8 Å². The monoisotopic (exact) mass is 299 g/mol. The fraction of sp³-hybridized carbons (Fsp3) is 0.400. The maximum atomic E-state index is 12.5. The number of carbonyl (C=O) groups excluding carboxylic acids is 1. The Bertz CT molecular complexity index is 608. The summed E-state index contributed by atoms with van der Waals surface area (Å²) in [4.78, 5) is 30.7. The van der Waals surface area contributed by atoms with E-state index < -0.39 is 0 Å². The minimum Gasteiger partial charge on any atom is -0.377 e. The van der Waals surface area contributed by atoms with E-state index in [0.717, 1.165) is 18.5 Å². The van der Waals surface area contributed by atoms with Crippen LogP contribution >= 0.6 is 0 Å². The molecule has 0 radical (unpaired) electrons. The molecular formula is C15H17N5O2. The Kier molecular flexibility index (Phi) is 4.65. The molecule has 114 valence electrons. The number of aryl methyl sites for hydroxylation is 1. The lowest BCUT2D eigenvalue weighted by molar-refractivity contribution is -0.00477. The summed E-state index contributed by atoms with van der Waals surface area (Å²) in [6, 6.07) is 1.70. The van der Waals surface area contributed by atoms with E-state index in [1.165, 1.54) is 0 Å². The highest BCUT2D eigenvalue weighted by Gasteiger charge is 2.29. The highest BCUT2D eigenvalue weighted by molar-refractivity contribution is 5.90. The van der Waals surface area contributed by atoms with Crippen LogP contribution in [-0.4, -0.2) is 56.5 Å².